The first-order valence-electron chi connectivity index (χ1n) is 6.99. The molecule has 3 heterocycles. The first-order chi connectivity index (χ1) is 11.0. The van der Waals surface area contributed by atoms with Crippen LogP contribution in [0.4, 0.5) is 5.82 Å². The van der Waals surface area contributed by atoms with Gasteiger partial charge in [-0.05, 0) is 0 Å². The Bertz CT molecular complexity index is 668. The molecule has 8 N–H and O–H groups in total. The largest absolute Gasteiger partial charge is 0.394 e. The van der Waals surface area contributed by atoms with Crippen molar-refractivity contribution in [3.8, 4) is 0 Å². The number of hydrogen-bond acceptors (Lipinski definition) is 10. The van der Waals surface area contributed by atoms with Crippen molar-refractivity contribution in [2.75, 3.05) is 11.9 Å². The first-order valence-corrected chi connectivity index (χ1v) is 6.99. The molecule has 0 unspecified atom stereocenters. The number of rotatable bonds is 4. The van der Waals surface area contributed by atoms with Gasteiger partial charge in [-0.15, -0.1) is 0 Å². The zero-order chi connectivity index (χ0) is 16.6. The number of nitrogens with two attached hydrogens (primary N) is 1. The molecular formula is C12H18N6O5. The Morgan fingerprint density at radius 3 is 2.83 bits per heavy atom. The second-order valence-electron chi connectivity index (χ2n) is 5.30. The maximum atomic E-state index is 10.1. The highest BCUT2D eigenvalue weighted by atomic mass is 16.5. The van der Waals surface area contributed by atoms with Crippen LogP contribution in [0.5, 0.6) is 0 Å². The third-order valence-electron chi connectivity index (χ3n) is 3.81. The van der Waals surface area contributed by atoms with Crippen molar-refractivity contribution >= 4 is 17.0 Å². The van der Waals surface area contributed by atoms with Gasteiger partial charge in [0, 0.05) is 0 Å². The van der Waals surface area contributed by atoms with Gasteiger partial charge in [0.05, 0.1) is 19.0 Å². The van der Waals surface area contributed by atoms with Crippen molar-refractivity contribution in [2.45, 2.75) is 36.7 Å². The SMILES string of the molecule is N[C@@H]1[C@@H](O)[C@@H](O)[C@@H](Nc2ncnc3nc[nH]c23)O[C@H]1[C@@H](O)CO. The molecule has 0 amide bonds. The van der Waals surface area contributed by atoms with Crippen LogP contribution in [0, 0.1) is 0 Å². The Balaban J connectivity index is 1.84. The molecule has 2 aromatic rings. The summed E-state index contributed by atoms with van der Waals surface area (Å²) in [7, 11) is 0. The van der Waals surface area contributed by atoms with Crippen LogP contribution in [0.1, 0.15) is 0 Å². The zero-order valence-electron chi connectivity index (χ0n) is 11.9. The third kappa shape index (κ3) is 2.85. The van der Waals surface area contributed by atoms with Crippen LogP contribution < -0.4 is 11.1 Å². The lowest BCUT2D eigenvalue weighted by Gasteiger charge is -2.42. The summed E-state index contributed by atoms with van der Waals surface area (Å²) >= 11 is 0. The van der Waals surface area contributed by atoms with E-state index < -0.39 is 43.3 Å². The van der Waals surface area contributed by atoms with Crippen molar-refractivity contribution < 1.29 is 25.2 Å². The van der Waals surface area contributed by atoms with Crippen LogP contribution >= 0.6 is 0 Å². The molecule has 23 heavy (non-hydrogen) atoms. The Morgan fingerprint density at radius 1 is 1.30 bits per heavy atom. The van der Waals surface area contributed by atoms with E-state index in [1.807, 2.05) is 0 Å². The average molecular weight is 326 g/mol. The fourth-order valence-corrected chi connectivity index (χ4v) is 2.52. The number of ether oxygens (including phenoxy) is 1. The van der Waals surface area contributed by atoms with E-state index in [1.54, 1.807) is 0 Å². The summed E-state index contributed by atoms with van der Waals surface area (Å²) in [6.07, 6.45) is -3.46. The van der Waals surface area contributed by atoms with Crippen molar-refractivity contribution in [3.63, 3.8) is 0 Å². The molecule has 1 aliphatic rings. The molecule has 11 nitrogen and oxygen atoms in total. The lowest BCUT2D eigenvalue weighted by Crippen LogP contribution is -2.65. The number of nitrogens with zero attached hydrogens (tertiary/aromatic N) is 3. The van der Waals surface area contributed by atoms with Gasteiger partial charge in [-0.1, -0.05) is 0 Å². The molecule has 1 aliphatic heterocycles. The quantitative estimate of drug-likeness (QED) is 0.303. The fraction of sp³-hybridized carbons (Fsp3) is 0.583. The lowest BCUT2D eigenvalue weighted by atomic mass is 9.93. The standard InChI is InChI=1S/C12H18N6O5/c13-5-7(21)8(22)12(23-9(5)4(20)1-19)18-11-6-10(15-2-14-6)16-3-17-11/h2-5,7-9,12,19-22H,1,13H2,(H2,14,15,16,17,18)/t4-,5+,7+,8+,9-,12-/m0/s1. The number of anilines is 1. The second kappa shape index (κ2) is 6.31. The Kier molecular flexibility index (Phi) is 4.39. The smallest absolute Gasteiger partial charge is 0.182 e. The van der Waals surface area contributed by atoms with Gasteiger partial charge >= 0.3 is 0 Å². The van der Waals surface area contributed by atoms with E-state index in [-0.39, 0.29) is 0 Å². The van der Waals surface area contributed by atoms with Crippen molar-refractivity contribution in [1.82, 2.24) is 19.9 Å². The summed E-state index contributed by atoms with van der Waals surface area (Å²) in [5.74, 6) is 0.302. The lowest BCUT2D eigenvalue weighted by molar-refractivity contribution is -0.197. The number of aromatic amines is 1. The first kappa shape index (κ1) is 16.0. The topological polar surface area (TPSA) is 183 Å². The molecule has 6 atom stereocenters. The zero-order valence-corrected chi connectivity index (χ0v) is 11.9. The number of imidazole rings is 1. The minimum Gasteiger partial charge on any atom is -0.394 e. The molecule has 0 saturated carbocycles. The molecule has 0 aromatic carbocycles. The van der Waals surface area contributed by atoms with Gasteiger partial charge in [0.1, 0.15) is 36.3 Å². The minimum absolute atomic E-state index is 0.302. The molecule has 126 valence electrons. The molecule has 0 bridgehead atoms. The van der Waals surface area contributed by atoms with Crippen LogP contribution in [-0.4, -0.2) is 83.7 Å². The predicted octanol–water partition coefficient (Wildman–Crippen LogP) is -3.11. The van der Waals surface area contributed by atoms with E-state index in [1.165, 1.54) is 12.7 Å². The highest BCUT2D eigenvalue weighted by Gasteiger charge is 2.45. The van der Waals surface area contributed by atoms with Gasteiger partial charge in [0.2, 0.25) is 0 Å². The van der Waals surface area contributed by atoms with Gasteiger partial charge in [0.15, 0.2) is 17.7 Å². The maximum Gasteiger partial charge on any atom is 0.182 e. The van der Waals surface area contributed by atoms with Gasteiger partial charge < -0.3 is 41.2 Å². The highest BCUT2D eigenvalue weighted by molar-refractivity contribution is 5.82. The summed E-state index contributed by atoms with van der Waals surface area (Å²) < 4.78 is 5.51. The number of aliphatic hydroxyl groups excluding tert-OH is 4. The van der Waals surface area contributed by atoms with E-state index in [9.17, 15) is 15.3 Å². The molecule has 3 rings (SSSR count). The number of aliphatic hydroxyl groups is 4. The van der Waals surface area contributed by atoms with Gasteiger partial charge in [0.25, 0.3) is 0 Å². The number of aromatic nitrogens is 4. The Morgan fingerprint density at radius 2 is 2.09 bits per heavy atom. The third-order valence-corrected chi connectivity index (χ3v) is 3.81. The highest BCUT2D eigenvalue weighted by Crippen LogP contribution is 2.24. The number of hydrogen-bond donors (Lipinski definition) is 7. The number of nitrogens with one attached hydrogen (secondary N) is 2. The Labute approximate surface area is 130 Å². The predicted molar refractivity (Wildman–Crippen MR) is 77.0 cm³/mol. The van der Waals surface area contributed by atoms with Gasteiger partial charge in [-0.2, -0.15) is 0 Å². The van der Waals surface area contributed by atoms with Crippen LogP contribution in [-0.2, 0) is 4.74 Å². The summed E-state index contributed by atoms with van der Waals surface area (Å²) in [5, 5.41) is 41.8. The van der Waals surface area contributed by atoms with Crippen LogP contribution in [0.15, 0.2) is 12.7 Å². The fourth-order valence-electron chi connectivity index (χ4n) is 2.52. The molecule has 0 spiro atoms. The molecule has 1 fully saturated rings. The normalized spacial score (nSPS) is 32.8. The summed E-state index contributed by atoms with van der Waals surface area (Å²) in [5.41, 5.74) is 6.65. The molecule has 0 radical (unpaired) electrons. The van der Waals surface area contributed by atoms with E-state index in [2.05, 4.69) is 25.3 Å². The molecule has 11 heteroatoms. The van der Waals surface area contributed by atoms with E-state index in [4.69, 9.17) is 15.6 Å². The summed E-state index contributed by atoms with van der Waals surface area (Å²) in [6, 6.07) is -1.05. The molecule has 1 saturated heterocycles. The van der Waals surface area contributed by atoms with Crippen LogP contribution in [0.3, 0.4) is 0 Å². The number of H-pyrrole nitrogens is 1. The summed E-state index contributed by atoms with van der Waals surface area (Å²) in [4.78, 5) is 14.8. The molecule has 0 aliphatic carbocycles. The minimum atomic E-state index is -1.36. The average Bonchev–Trinajstić information content (AvgIpc) is 3.04. The van der Waals surface area contributed by atoms with Crippen molar-refractivity contribution in [3.05, 3.63) is 12.7 Å². The van der Waals surface area contributed by atoms with Crippen LogP contribution in [0.2, 0.25) is 0 Å². The number of fused-ring (bicyclic) bond motifs is 1. The van der Waals surface area contributed by atoms with Gasteiger partial charge in [-0.25, -0.2) is 15.0 Å². The van der Waals surface area contributed by atoms with E-state index in [0.29, 0.717) is 17.0 Å². The summed E-state index contributed by atoms with van der Waals surface area (Å²) in [6.45, 7) is -0.591. The van der Waals surface area contributed by atoms with Crippen molar-refractivity contribution in [1.29, 1.82) is 0 Å². The molecular weight excluding hydrogens is 308 g/mol. The second-order valence-corrected chi connectivity index (χ2v) is 5.30. The van der Waals surface area contributed by atoms with E-state index in [0.717, 1.165) is 0 Å². The Hall–Kier alpha value is -1.89. The van der Waals surface area contributed by atoms with E-state index >= 15 is 0 Å². The van der Waals surface area contributed by atoms with Crippen LogP contribution in [0.25, 0.3) is 11.2 Å². The van der Waals surface area contributed by atoms with Gasteiger partial charge in [-0.3, -0.25) is 0 Å². The maximum absolute atomic E-state index is 10.1. The van der Waals surface area contributed by atoms with Crippen molar-refractivity contribution in [2.24, 2.45) is 5.73 Å². The monoisotopic (exact) mass is 326 g/mol. The molecule has 2 aromatic heterocycles.